The van der Waals surface area contributed by atoms with E-state index >= 15 is 0 Å². The number of halogens is 1. The van der Waals surface area contributed by atoms with E-state index in [1.807, 2.05) is 0 Å². The normalized spacial score (nSPS) is 30.4. The summed E-state index contributed by atoms with van der Waals surface area (Å²) in [5, 5.41) is 10.1. The maximum absolute atomic E-state index is 11.9. The van der Waals surface area contributed by atoms with Crippen LogP contribution in [0.5, 0.6) is 0 Å². The van der Waals surface area contributed by atoms with Crippen LogP contribution in [0.1, 0.15) is 24.8 Å². The number of ketones is 1. The molecule has 1 aliphatic carbocycles. The summed E-state index contributed by atoms with van der Waals surface area (Å²) < 4.78 is 0. The van der Waals surface area contributed by atoms with Crippen molar-refractivity contribution in [3.8, 4) is 0 Å². The first-order valence-electron chi connectivity index (χ1n) is 5.29. The van der Waals surface area contributed by atoms with Crippen LogP contribution < -0.4 is 5.73 Å². The third-order valence-corrected chi connectivity index (χ3v) is 3.44. The fraction of sp³-hybridized carbons (Fsp3) is 0.417. The molecule has 2 rings (SSSR count). The number of aliphatic hydroxyl groups excluding tert-OH is 1. The van der Waals surface area contributed by atoms with Gasteiger partial charge < -0.3 is 10.8 Å². The number of benzene rings is 1. The van der Waals surface area contributed by atoms with Crippen LogP contribution in [-0.4, -0.2) is 17.0 Å². The zero-order chi connectivity index (χ0) is 11.8. The summed E-state index contributed by atoms with van der Waals surface area (Å²) in [4.78, 5) is 11.9. The third-order valence-electron chi connectivity index (χ3n) is 3.11. The molecule has 1 aromatic carbocycles. The molecule has 1 aromatic rings. The maximum Gasteiger partial charge on any atom is 0.157 e. The molecule has 16 heavy (non-hydrogen) atoms. The van der Waals surface area contributed by atoms with Crippen molar-refractivity contribution < 1.29 is 9.90 Å². The standard InChI is InChI=1S/C12H14ClNO2/c13-10-4-2-1-3-9(10)12(14)7-8(15)5-6-11(12)16/h1-4,8,15H,5-7,14H2/t8-,12-/m0/s1. The highest BCUT2D eigenvalue weighted by Crippen LogP contribution is 2.35. The Morgan fingerprint density at radius 3 is 2.81 bits per heavy atom. The van der Waals surface area contributed by atoms with Crippen molar-refractivity contribution in [1.29, 1.82) is 0 Å². The zero-order valence-corrected chi connectivity index (χ0v) is 9.57. The van der Waals surface area contributed by atoms with E-state index < -0.39 is 11.6 Å². The quantitative estimate of drug-likeness (QED) is 0.783. The zero-order valence-electron chi connectivity index (χ0n) is 8.82. The number of nitrogens with two attached hydrogens (primary N) is 1. The number of hydrogen-bond acceptors (Lipinski definition) is 3. The van der Waals surface area contributed by atoms with Gasteiger partial charge in [-0.2, -0.15) is 0 Å². The minimum absolute atomic E-state index is 0.0501. The molecule has 0 bridgehead atoms. The molecule has 3 N–H and O–H groups in total. The summed E-state index contributed by atoms with van der Waals surface area (Å²) >= 11 is 6.05. The number of aliphatic hydroxyl groups is 1. The van der Waals surface area contributed by atoms with Gasteiger partial charge in [0.2, 0.25) is 0 Å². The van der Waals surface area contributed by atoms with E-state index in [1.54, 1.807) is 24.3 Å². The van der Waals surface area contributed by atoms with E-state index in [9.17, 15) is 9.90 Å². The topological polar surface area (TPSA) is 63.3 Å². The van der Waals surface area contributed by atoms with Gasteiger partial charge in [0, 0.05) is 17.9 Å². The SMILES string of the molecule is N[C@]1(c2ccccc2Cl)C[C@@H](O)CCC1=O. The van der Waals surface area contributed by atoms with E-state index in [1.165, 1.54) is 0 Å². The van der Waals surface area contributed by atoms with Crippen LogP contribution in [0.2, 0.25) is 5.02 Å². The van der Waals surface area contributed by atoms with Gasteiger partial charge in [0.1, 0.15) is 5.54 Å². The van der Waals surface area contributed by atoms with Gasteiger partial charge in [-0.3, -0.25) is 4.79 Å². The molecule has 1 aliphatic rings. The predicted octanol–water partition coefficient (Wildman–Crippen LogP) is 1.61. The van der Waals surface area contributed by atoms with Crippen LogP contribution in [0.15, 0.2) is 24.3 Å². The molecule has 3 nitrogen and oxygen atoms in total. The summed E-state index contributed by atoms with van der Waals surface area (Å²) in [5.41, 5.74) is 5.60. The summed E-state index contributed by atoms with van der Waals surface area (Å²) in [6.45, 7) is 0. The second kappa shape index (κ2) is 4.17. The van der Waals surface area contributed by atoms with Crippen molar-refractivity contribution in [2.75, 3.05) is 0 Å². The van der Waals surface area contributed by atoms with Gasteiger partial charge in [0.15, 0.2) is 5.78 Å². The molecule has 0 radical (unpaired) electrons. The average Bonchev–Trinajstić information content (AvgIpc) is 2.24. The first-order chi connectivity index (χ1) is 7.54. The van der Waals surface area contributed by atoms with Gasteiger partial charge in [0.05, 0.1) is 6.10 Å². The van der Waals surface area contributed by atoms with Crippen molar-refractivity contribution in [2.24, 2.45) is 5.73 Å². The highest BCUT2D eigenvalue weighted by atomic mass is 35.5. The van der Waals surface area contributed by atoms with Crippen LogP contribution in [0.3, 0.4) is 0 Å². The third kappa shape index (κ3) is 1.86. The Morgan fingerprint density at radius 1 is 1.44 bits per heavy atom. The van der Waals surface area contributed by atoms with Gasteiger partial charge in [-0.05, 0) is 18.1 Å². The molecule has 0 aliphatic heterocycles. The Hall–Kier alpha value is -0.900. The van der Waals surface area contributed by atoms with Crippen molar-refractivity contribution in [3.05, 3.63) is 34.9 Å². The minimum atomic E-state index is -1.13. The molecule has 4 heteroatoms. The van der Waals surface area contributed by atoms with E-state index in [4.69, 9.17) is 17.3 Å². The highest BCUT2D eigenvalue weighted by Gasteiger charge is 2.42. The van der Waals surface area contributed by atoms with E-state index in [-0.39, 0.29) is 12.2 Å². The van der Waals surface area contributed by atoms with E-state index in [0.29, 0.717) is 23.4 Å². The smallest absolute Gasteiger partial charge is 0.157 e. The first kappa shape index (κ1) is 11.6. The summed E-state index contributed by atoms with van der Waals surface area (Å²) in [6.07, 6.45) is 0.514. The number of Topliss-reactive ketones (excluding diaryl/α,β-unsaturated/α-hetero) is 1. The molecule has 0 aromatic heterocycles. The molecule has 1 fully saturated rings. The number of hydrogen-bond donors (Lipinski definition) is 2. The number of carbonyl (C=O) groups is 1. The van der Waals surface area contributed by atoms with Crippen molar-refractivity contribution in [3.63, 3.8) is 0 Å². The van der Waals surface area contributed by atoms with E-state index in [0.717, 1.165) is 0 Å². The number of rotatable bonds is 1. The Balaban J connectivity index is 2.44. The molecule has 0 saturated heterocycles. The lowest BCUT2D eigenvalue weighted by Gasteiger charge is -2.35. The monoisotopic (exact) mass is 239 g/mol. The largest absolute Gasteiger partial charge is 0.393 e. The fourth-order valence-corrected chi connectivity index (χ4v) is 2.50. The second-order valence-corrected chi connectivity index (χ2v) is 4.68. The first-order valence-corrected chi connectivity index (χ1v) is 5.67. The highest BCUT2D eigenvalue weighted by molar-refractivity contribution is 6.31. The molecule has 0 unspecified atom stereocenters. The molecule has 86 valence electrons. The van der Waals surface area contributed by atoms with Gasteiger partial charge >= 0.3 is 0 Å². The lowest BCUT2D eigenvalue weighted by Crippen LogP contribution is -2.50. The van der Waals surface area contributed by atoms with Crippen LogP contribution >= 0.6 is 11.6 Å². The molecular weight excluding hydrogens is 226 g/mol. The van der Waals surface area contributed by atoms with Crippen molar-refractivity contribution in [1.82, 2.24) is 0 Å². The van der Waals surface area contributed by atoms with Crippen LogP contribution in [-0.2, 0) is 10.3 Å². The van der Waals surface area contributed by atoms with Crippen molar-refractivity contribution >= 4 is 17.4 Å². The molecule has 0 amide bonds. The van der Waals surface area contributed by atoms with Gasteiger partial charge in [-0.25, -0.2) is 0 Å². The molecule has 0 heterocycles. The molecule has 0 spiro atoms. The van der Waals surface area contributed by atoms with Crippen LogP contribution in [0.4, 0.5) is 0 Å². The second-order valence-electron chi connectivity index (χ2n) is 4.27. The summed E-state index contributed by atoms with van der Waals surface area (Å²) in [6, 6.07) is 7.04. The van der Waals surface area contributed by atoms with Gasteiger partial charge in [0.25, 0.3) is 0 Å². The molecule has 2 atom stereocenters. The minimum Gasteiger partial charge on any atom is -0.393 e. The Bertz CT molecular complexity index is 421. The van der Waals surface area contributed by atoms with Gasteiger partial charge in [-0.15, -0.1) is 0 Å². The summed E-state index contributed by atoms with van der Waals surface area (Å²) in [5.74, 6) is -0.0501. The lowest BCUT2D eigenvalue weighted by molar-refractivity contribution is -0.129. The Morgan fingerprint density at radius 2 is 2.12 bits per heavy atom. The lowest BCUT2D eigenvalue weighted by atomic mass is 9.75. The maximum atomic E-state index is 11.9. The van der Waals surface area contributed by atoms with Crippen LogP contribution in [0, 0.1) is 0 Å². The molecular formula is C12H14ClNO2. The van der Waals surface area contributed by atoms with E-state index in [2.05, 4.69) is 0 Å². The van der Waals surface area contributed by atoms with Crippen molar-refractivity contribution in [2.45, 2.75) is 30.9 Å². The molecule has 1 saturated carbocycles. The fourth-order valence-electron chi connectivity index (χ4n) is 2.19. The Kier molecular flexibility index (Phi) is 3.02. The average molecular weight is 240 g/mol. The van der Waals surface area contributed by atoms with Crippen LogP contribution in [0.25, 0.3) is 0 Å². The van der Waals surface area contributed by atoms with Gasteiger partial charge in [-0.1, -0.05) is 29.8 Å². The summed E-state index contributed by atoms with van der Waals surface area (Å²) in [7, 11) is 0. The predicted molar refractivity (Wildman–Crippen MR) is 62.2 cm³/mol. The number of carbonyl (C=O) groups excluding carboxylic acids is 1. The Labute approximate surface area is 99.2 Å².